The highest BCUT2D eigenvalue weighted by atomic mass is 16.5. The predicted octanol–water partition coefficient (Wildman–Crippen LogP) is 0.376. The maximum absolute atomic E-state index is 12.1. The van der Waals surface area contributed by atoms with Crippen molar-refractivity contribution in [2.45, 2.75) is 37.8 Å². The van der Waals surface area contributed by atoms with Crippen LogP contribution >= 0.6 is 0 Å². The number of amides is 1. The van der Waals surface area contributed by atoms with Crippen LogP contribution in [0.4, 0.5) is 0 Å². The third-order valence-electron chi connectivity index (χ3n) is 3.38. The molecule has 0 aromatic rings. The Bertz CT molecular complexity index is 227. The Labute approximate surface area is 91.0 Å². The fraction of sp³-hybridized carbons (Fsp3) is 0.909. The number of hydrogen-bond donors (Lipinski definition) is 1. The lowest BCUT2D eigenvalue weighted by Crippen LogP contribution is -2.49. The summed E-state index contributed by atoms with van der Waals surface area (Å²) in [5, 5.41) is 3.25. The number of methoxy groups -OCH3 is 1. The van der Waals surface area contributed by atoms with E-state index in [2.05, 4.69) is 5.32 Å². The zero-order valence-corrected chi connectivity index (χ0v) is 9.37. The fourth-order valence-corrected chi connectivity index (χ4v) is 2.45. The molecule has 0 bridgehead atoms. The molecule has 2 fully saturated rings. The number of ether oxygens (including phenoxy) is 1. The van der Waals surface area contributed by atoms with Crippen molar-refractivity contribution in [2.75, 3.05) is 26.7 Å². The van der Waals surface area contributed by atoms with E-state index in [1.807, 2.05) is 4.90 Å². The van der Waals surface area contributed by atoms with Crippen molar-refractivity contribution in [3.63, 3.8) is 0 Å². The second-order valence-corrected chi connectivity index (χ2v) is 4.43. The molecule has 0 radical (unpaired) electrons. The van der Waals surface area contributed by atoms with Crippen LogP contribution in [0.3, 0.4) is 0 Å². The summed E-state index contributed by atoms with van der Waals surface area (Å²) in [7, 11) is 1.73. The molecule has 0 spiro atoms. The second kappa shape index (κ2) is 4.94. The van der Waals surface area contributed by atoms with Gasteiger partial charge in [-0.25, -0.2) is 0 Å². The van der Waals surface area contributed by atoms with E-state index in [1.54, 1.807) is 7.11 Å². The lowest BCUT2D eigenvalue weighted by molar-refractivity contribution is -0.136. The van der Waals surface area contributed by atoms with Gasteiger partial charge in [0, 0.05) is 20.2 Å². The lowest BCUT2D eigenvalue weighted by Gasteiger charge is -2.33. The van der Waals surface area contributed by atoms with Crippen molar-refractivity contribution in [3.05, 3.63) is 0 Å². The van der Waals surface area contributed by atoms with Crippen LogP contribution in [0, 0.1) is 0 Å². The SMILES string of the molecule is CO[C@H]1CCCN(C(=O)[C@H]2CCCN2)C1. The summed E-state index contributed by atoms with van der Waals surface area (Å²) in [6, 6.07) is 0.0700. The summed E-state index contributed by atoms with van der Waals surface area (Å²) >= 11 is 0. The number of hydrogen-bond acceptors (Lipinski definition) is 3. The maximum Gasteiger partial charge on any atom is 0.239 e. The number of nitrogens with one attached hydrogen (secondary N) is 1. The molecule has 0 aromatic carbocycles. The lowest BCUT2D eigenvalue weighted by atomic mass is 10.1. The summed E-state index contributed by atoms with van der Waals surface area (Å²) in [5.74, 6) is 0.272. The van der Waals surface area contributed by atoms with Crippen LogP contribution in [0.5, 0.6) is 0 Å². The standard InChI is InChI=1S/C11H20N2O2/c1-15-9-4-3-7-13(8-9)11(14)10-5-2-6-12-10/h9-10,12H,2-8H2,1H3/t9-,10+/m0/s1. The van der Waals surface area contributed by atoms with E-state index < -0.39 is 0 Å². The molecule has 0 saturated carbocycles. The average Bonchev–Trinajstić information content (AvgIpc) is 2.81. The molecule has 86 valence electrons. The predicted molar refractivity (Wildman–Crippen MR) is 57.6 cm³/mol. The largest absolute Gasteiger partial charge is 0.380 e. The van der Waals surface area contributed by atoms with Gasteiger partial charge in [0.1, 0.15) is 0 Å². The summed E-state index contributed by atoms with van der Waals surface area (Å²) in [4.78, 5) is 14.0. The average molecular weight is 212 g/mol. The van der Waals surface area contributed by atoms with Crippen LogP contribution in [0.15, 0.2) is 0 Å². The van der Waals surface area contributed by atoms with Gasteiger partial charge >= 0.3 is 0 Å². The Balaban J connectivity index is 1.88. The van der Waals surface area contributed by atoms with Crippen molar-refractivity contribution in [1.82, 2.24) is 10.2 Å². The molecule has 2 rings (SSSR count). The van der Waals surface area contributed by atoms with Gasteiger partial charge in [-0.05, 0) is 32.2 Å². The van der Waals surface area contributed by atoms with Gasteiger partial charge in [0.25, 0.3) is 0 Å². The summed E-state index contributed by atoms with van der Waals surface area (Å²) in [6.07, 6.45) is 4.50. The van der Waals surface area contributed by atoms with Crippen LogP contribution < -0.4 is 5.32 Å². The van der Waals surface area contributed by atoms with E-state index in [0.717, 1.165) is 45.3 Å². The van der Waals surface area contributed by atoms with Gasteiger partial charge in [-0.2, -0.15) is 0 Å². The molecular formula is C11H20N2O2. The molecule has 2 heterocycles. The van der Waals surface area contributed by atoms with Crippen LogP contribution in [0.2, 0.25) is 0 Å². The van der Waals surface area contributed by atoms with Crippen molar-refractivity contribution < 1.29 is 9.53 Å². The van der Waals surface area contributed by atoms with Gasteiger partial charge in [-0.15, -0.1) is 0 Å². The summed E-state index contributed by atoms with van der Waals surface area (Å²) in [6.45, 7) is 2.66. The zero-order chi connectivity index (χ0) is 10.7. The summed E-state index contributed by atoms with van der Waals surface area (Å²) < 4.78 is 5.32. The molecule has 1 amide bonds. The molecule has 2 aliphatic heterocycles. The molecule has 2 atom stereocenters. The van der Waals surface area contributed by atoms with E-state index in [-0.39, 0.29) is 18.1 Å². The number of carbonyl (C=O) groups is 1. The van der Waals surface area contributed by atoms with Crippen molar-refractivity contribution >= 4 is 5.91 Å². The fourth-order valence-electron chi connectivity index (χ4n) is 2.45. The third kappa shape index (κ3) is 2.49. The Kier molecular flexibility index (Phi) is 3.59. The minimum Gasteiger partial charge on any atom is -0.380 e. The van der Waals surface area contributed by atoms with Crippen LogP contribution in [-0.4, -0.2) is 49.7 Å². The highest BCUT2D eigenvalue weighted by Crippen LogP contribution is 2.16. The minimum atomic E-state index is 0.0700. The molecule has 4 nitrogen and oxygen atoms in total. The van der Waals surface area contributed by atoms with Crippen molar-refractivity contribution in [1.29, 1.82) is 0 Å². The van der Waals surface area contributed by atoms with E-state index >= 15 is 0 Å². The monoisotopic (exact) mass is 212 g/mol. The zero-order valence-electron chi connectivity index (χ0n) is 9.37. The minimum absolute atomic E-state index is 0.0700. The Morgan fingerprint density at radius 3 is 2.93 bits per heavy atom. The topological polar surface area (TPSA) is 41.6 Å². The van der Waals surface area contributed by atoms with E-state index in [0.29, 0.717) is 0 Å². The molecule has 2 aliphatic rings. The smallest absolute Gasteiger partial charge is 0.239 e. The Morgan fingerprint density at radius 2 is 2.27 bits per heavy atom. The van der Waals surface area contributed by atoms with Gasteiger partial charge in [0.2, 0.25) is 5.91 Å². The Morgan fingerprint density at radius 1 is 1.40 bits per heavy atom. The number of likely N-dealkylation sites (tertiary alicyclic amines) is 1. The first-order chi connectivity index (χ1) is 7.31. The van der Waals surface area contributed by atoms with E-state index in [9.17, 15) is 4.79 Å². The molecular weight excluding hydrogens is 192 g/mol. The Hall–Kier alpha value is -0.610. The van der Waals surface area contributed by atoms with Crippen molar-refractivity contribution in [2.24, 2.45) is 0 Å². The molecule has 2 saturated heterocycles. The number of rotatable bonds is 2. The van der Waals surface area contributed by atoms with Gasteiger partial charge in [-0.3, -0.25) is 4.79 Å². The van der Waals surface area contributed by atoms with Gasteiger partial charge in [0.05, 0.1) is 12.1 Å². The number of piperidine rings is 1. The number of carbonyl (C=O) groups excluding carboxylic acids is 1. The highest BCUT2D eigenvalue weighted by Gasteiger charge is 2.30. The quantitative estimate of drug-likeness (QED) is 0.719. The maximum atomic E-state index is 12.1. The van der Waals surface area contributed by atoms with E-state index in [1.165, 1.54) is 0 Å². The van der Waals surface area contributed by atoms with Gasteiger partial charge in [0.15, 0.2) is 0 Å². The van der Waals surface area contributed by atoms with E-state index in [4.69, 9.17) is 4.74 Å². The summed E-state index contributed by atoms with van der Waals surface area (Å²) in [5.41, 5.74) is 0. The first kappa shape index (κ1) is 10.9. The highest BCUT2D eigenvalue weighted by molar-refractivity contribution is 5.82. The van der Waals surface area contributed by atoms with Crippen LogP contribution in [-0.2, 0) is 9.53 Å². The second-order valence-electron chi connectivity index (χ2n) is 4.43. The van der Waals surface area contributed by atoms with Crippen LogP contribution in [0.1, 0.15) is 25.7 Å². The van der Waals surface area contributed by atoms with Crippen LogP contribution in [0.25, 0.3) is 0 Å². The molecule has 15 heavy (non-hydrogen) atoms. The van der Waals surface area contributed by atoms with Crippen molar-refractivity contribution in [3.8, 4) is 0 Å². The third-order valence-corrected chi connectivity index (χ3v) is 3.38. The molecule has 0 aromatic heterocycles. The van der Waals surface area contributed by atoms with Gasteiger partial charge in [-0.1, -0.05) is 0 Å². The first-order valence-electron chi connectivity index (χ1n) is 5.86. The normalized spacial score (nSPS) is 31.9. The molecule has 4 heteroatoms. The molecule has 0 unspecified atom stereocenters. The first-order valence-corrected chi connectivity index (χ1v) is 5.86. The van der Waals surface area contributed by atoms with Gasteiger partial charge < -0.3 is 15.0 Å². The molecule has 1 N–H and O–H groups in total. The molecule has 0 aliphatic carbocycles. The number of nitrogens with zero attached hydrogens (tertiary/aromatic N) is 1.